The number of hydrogen-bond acceptors (Lipinski definition) is 3. The van der Waals surface area contributed by atoms with Gasteiger partial charge in [-0.25, -0.2) is 0 Å². The Morgan fingerprint density at radius 2 is 1.79 bits per heavy atom. The quantitative estimate of drug-likeness (QED) is 0.593. The third-order valence-electron chi connectivity index (χ3n) is 5.75. The fourth-order valence-electron chi connectivity index (χ4n) is 4.11. The van der Waals surface area contributed by atoms with Gasteiger partial charge in [0, 0.05) is 29.2 Å². The van der Waals surface area contributed by atoms with Crippen molar-refractivity contribution < 1.29 is 4.74 Å². The first-order valence-electron chi connectivity index (χ1n) is 9.60. The molecule has 0 spiro atoms. The van der Waals surface area contributed by atoms with E-state index >= 15 is 0 Å². The minimum Gasteiger partial charge on any atom is -0.489 e. The number of nitrogens with zero attached hydrogens (tertiary/aromatic N) is 1. The summed E-state index contributed by atoms with van der Waals surface area (Å²) in [6.07, 6.45) is 2.68. The predicted molar refractivity (Wildman–Crippen MR) is 124 cm³/mol. The Bertz CT molecular complexity index is 749. The molecule has 3 aliphatic heterocycles. The van der Waals surface area contributed by atoms with Crippen molar-refractivity contribution in [2.45, 2.75) is 39.0 Å². The van der Waals surface area contributed by atoms with E-state index in [0.717, 1.165) is 22.7 Å². The van der Waals surface area contributed by atoms with Crippen LogP contribution in [0, 0.1) is 12.8 Å². The second-order valence-corrected chi connectivity index (χ2v) is 8.57. The van der Waals surface area contributed by atoms with Gasteiger partial charge in [-0.15, -0.1) is 24.8 Å². The van der Waals surface area contributed by atoms with Crippen LogP contribution in [0.4, 0.5) is 0 Å². The molecule has 3 nitrogen and oxygen atoms in total. The molecule has 0 aromatic heterocycles. The average molecular weight is 488 g/mol. The maximum atomic E-state index is 6.15. The molecule has 1 unspecified atom stereocenters. The van der Waals surface area contributed by atoms with Crippen molar-refractivity contribution in [3.63, 3.8) is 0 Å². The molecule has 0 aliphatic carbocycles. The van der Waals surface area contributed by atoms with Crippen molar-refractivity contribution in [1.29, 1.82) is 0 Å². The van der Waals surface area contributed by atoms with Gasteiger partial charge in [-0.05, 0) is 62.5 Å². The first-order valence-corrected chi connectivity index (χ1v) is 10.4. The summed E-state index contributed by atoms with van der Waals surface area (Å²) < 4.78 is 7.25. The number of rotatable bonds is 6. The van der Waals surface area contributed by atoms with Crippen LogP contribution in [0.3, 0.4) is 0 Å². The van der Waals surface area contributed by atoms with Crippen molar-refractivity contribution in [2.75, 3.05) is 19.6 Å². The lowest BCUT2D eigenvalue weighted by Gasteiger charge is -2.45. The number of hydrogen-bond donors (Lipinski definition) is 1. The molecule has 2 bridgehead atoms. The number of benzene rings is 2. The predicted octanol–water partition coefficient (Wildman–Crippen LogP) is 5.36. The topological polar surface area (TPSA) is 24.5 Å². The van der Waals surface area contributed by atoms with Crippen molar-refractivity contribution in [1.82, 2.24) is 10.2 Å². The van der Waals surface area contributed by atoms with E-state index in [2.05, 4.69) is 75.5 Å². The largest absolute Gasteiger partial charge is 0.489 e. The maximum absolute atomic E-state index is 6.15. The van der Waals surface area contributed by atoms with Crippen LogP contribution in [0.25, 0.3) is 0 Å². The highest BCUT2D eigenvalue weighted by Crippen LogP contribution is 2.29. The Morgan fingerprint density at radius 1 is 1.07 bits per heavy atom. The van der Waals surface area contributed by atoms with Crippen LogP contribution >= 0.6 is 40.7 Å². The van der Waals surface area contributed by atoms with Gasteiger partial charge in [-0.3, -0.25) is 0 Å². The van der Waals surface area contributed by atoms with Gasteiger partial charge in [0.1, 0.15) is 12.4 Å². The van der Waals surface area contributed by atoms with E-state index in [-0.39, 0.29) is 24.8 Å². The molecule has 5 rings (SSSR count). The molecular weight excluding hydrogens is 459 g/mol. The molecule has 1 atom stereocenters. The van der Waals surface area contributed by atoms with Crippen LogP contribution < -0.4 is 10.1 Å². The number of nitrogens with one attached hydrogen (secondary N) is 1. The number of fused-ring (bicyclic) bond motifs is 3. The smallest absolute Gasteiger partial charge is 0.124 e. The Balaban J connectivity index is 0.00000140. The van der Waals surface area contributed by atoms with Gasteiger partial charge in [-0.2, -0.15) is 0 Å². The van der Waals surface area contributed by atoms with Gasteiger partial charge in [0.15, 0.2) is 0 Å². The van der Waals surface area contributed by atoms with Crippen LogP contribution in [0.5, 0.6) is 5.75 Å². The fraction of sp³-hybridized carbons (Fsp3) is 0.455. The number of piperidine rings is 3. The van der Waals surface area contributed by atoms with E-state index < -0.39 is 0 Å². The lowest BCUT2D eigenvalue weighted by Crippen LogP contribution is -2.55. The van der Waals surface area contributed by atoms with Gasteiger partial charge >= 0.3 is 0 Å². The lowest BCUT2D eigenvalue weighted by molar-refractivity contribution is 0.0718. The Kier molecular flexibility index (Phi) is 9.10. The zero-order valence-corrected chi connectivity index (χ0v) is 19.4. The van der Waals surface area contributed by atoms with Gasteiger partial charge in [0.05, 0.1) is 0 Å². The van der Waals surface area contributed by atoms with Crippen LogP contribution in [-0.4, -0.2) is 30.6 Å². The summed E-state index contributed by atoms with van der Waals surface area (Å²) in [6.45, 7) is 7.33. The maximum Gasteiger partial charge on any atom is 0.124 e. The van der Waals surface area contributed by atoms with Crippen molar-refractivity contribution >= 4 is 40.7 Å². The van der Waals surface area contributed by atoms with E-state index in [1.54, 1.807) is 0 Å². The van der Waals surface area contributed by atoms with Gasteiger partial charge in [-0.1, -0.05) is 45.8 Å². The molecule has 28 heavy (non-hydrogen) atoms. The van der Waals surface area contributed by atoms with Crippen LogP contribution in [0.2, 0.25) is 0 Å². The summed E-state index contributed by atoms with van der Waals surface area (Å²) in [7, 11) is 0. The molecule has 1 N–H and O–H groups in total. The van der Waals surface area contributed by atoms with Gasteiger partial charge in [0.25, 0.3) is 0 Å². The summed E-state index contributed by atoms with van der Waals surface area (Å²) in [6, 6.07) is 15.5. The zero-order chi connectivity index (χ0) is 17.9. The highest BCUT2D eigenvalue weighted by Gasteiger charge is 2.33. The average Bonchev–Trinajstić information content (AvgIpc) is 2.68. The molecule has 0 amide bonds. The van der Waals surface area contributed by atoms with E-state index in [4.69, 9.17) is 4.74 Å². The number of aryl methyl sites for hydroxylation is 1. The molecule has 3 saturated heterocycles. The van der Waals surface area contributed by atoms with Crippen LogP contribution in [0.15, 0.2) is 46.9 Å². The standard InChI is InChI=1S/C22H27BrN2O.2ClH/c1-16-2-4-17(5-3-16)15-26-22-7-6-20(23)12-19(22)13-24-21-14-25-10-8-18(21)9-11-25;;/h2-7,12,18,21,24H,8-11,13-15H2,1H3;2*1H. The summed E-state index contributed by atoms with van der Waals surface area (Å²) in [4.78, 5) is 2.59. The molecule has 6 heteroatoms. The third kappa shape index (κ3) is 5.87. The van der Waals surface area contributed by atoms with E-state index in [0.29, 0.717) is 12.6 Å². The fourth-order valence-corrected chi connectivity index (χ4v) is 4.52. The zero-order valence-electron chi connectivity index (χ0n) is 16.2. The first-order chi connectivity index (χ1) is 12.7. The molecule has 3 heterocycles. The molecule has 2 aromatic carbocycles. The Morgan fingerprint density at radius 3 is 2.43 bits per heavy atom. The van der Waals surface area contributed by atoms with Gasteiger partial charge < -0.3 is 15.0 Å². The second kappa shape index (κ2) is 10.8. The Labute approximate surface area is 189 Å². The van der Waals surface area contributed by atoms with Crippen LogP contribution in [0.1, 0.15) is 29.5 Å². The monoisotopic (exact) mass is 486 g/mol. The second-order valence-electron chi connectivity index (χ2n) is 7.65. The van der Waals surface area contributed by atoms with E-state index in [1.807, 2.05) is 0 Å². The van der Waals surface area contributed by atoms with Gasteiger partial charge in [0.2, 0.25) is 0 Å². The molecule has 0 radical (unpaired) electrons. The lowest BCUT2D eigenvalue weighted by atomic mass is 9.84. The van der Waals surface area contributed by atoms with Crippen molar-refractivity contribution in [2.24, 2.45) is 5.92 Å². The molecular formula is C22H29BrCl2N2O. The molecule has 154 valence electrons. The summed E-state index contributed by atoms with van der Waals surface area (Å²) in [5.41, 5.74) is 3.71. The van der Waals surface area contributed by atoms with Crippen LogP contribution in [-0.2, 0) is 13.2 Å². The SMILES string of the molecule is Cc1ccc(COc2ccc(Br)cc2CNC2CN3CCC2CC3)cc1.Cl.Cl. The highest BCUT2D eigenvalue weighted by molar-refractivity contribution is 9.10. The Hall–Kier alpha value is -0.780. The number of halogens is 3. The van der Waals surface area contributed by atoms with E-state index in [9.17, 15) is 0 Å². The summed E-state index contributed by atoms with van der Waals surface area (Å²) >= 11 is 3.61. The van der Waals surface area contributed by atoms with Crippen molar-refractivity contribution in [3.05, 3.63) is 63.6 Å². The summed E-state index contributed by atoms with van der Waals surface area (Å²) in [5.74, 6) is 1.81. The first kappa shape index (κ1) is 23.5. The molecule has 3 aliphatic rings. The number of ether oxygens (including phenoxy) is 1. The molecule has 2 aromatic rings. The third-order valence-corrected chi connectivity index (χ3v) is 6.24. The van der Waals surface area contributed by atoms with Crippen molar-refractivity contribution in [3.8, 4) is 5.75 Å². The van der Waals surface area contributed by atoms with E-state index in [1.165, 1.54) is 49.2 Å². The molecule has 3 fully saturated rings. The molecule has 0 saturated carbocycles. The highest BCUT2D eigenvalue weighted by atomic mass is 79.9. The summed E-state index contributed by atoms with van der Waals surface area (Å²) in [5, 5.41) is 3.80. The normalized spacial score (nSPS) is 22.9. The minimum atomic E-state index is 0. The minimum absolute atomic E-state index is 0.